The number of anilines is 1. The molecule has 8 heteroatoms. The van der Waals surface area contributed by atoms with E-state index in [9.17, 15) is 13.2 Å². The van der Waals surface area contributed by atoms with Gasteiger partial charge in [0.1, 0.15) is 0 Å². The van der Waals surface area contributed by atoms with E-state index in [1.165, 1.54) is 18.3 Å². The number of carbonyl (C=O) groups is 1. The van der Waals surface area contributed by atoms with E-state index in [0.717, 1.165) is 5.56 Å². The monoisotopic (exact) mass is 357 g/mol. The van der Waals surface area contributed by atoms with Crippen molar-refractivity contribution in [3.8, 4) is 0 Å². The zero-order chi connectivity index (χ0) is 17.9. The molecule has 25 heavy (non-hydrogen) atoms. The molecule has 0 radical (unpaired) electrons. The van der Waals surface area contributed by atoms with E-state index >= 15 is 0 Å². The van der Waals surface area contributed by atoms with Crippen LogP contribution in [0.4, 0.5) is 5.69 Å². The Morgan fingerprint density at radius 3 is 2.36 bits per heavy atom. The minimum atomic E-state index is -3.74. The topological polar surface area (TPSA) is 109 Å². The van der Waals surface area contributed by atoms with E-state index in [0.29, 0.717) is 23.1 Å². The molecule has 7 nitrogen and oxygen atoms in total. The smallest absolute Gasteiger partial charge is 0.303 e. The first-order valence-electron chi connectivity index (χ1n) is 7.48. The third-order valence-electron chi connectivity index (χ3n) is 3.58. The van der Waals surface area contributed by atoms with Gasteiger partial charge in [-0.25, -0.2) is 8.42 Å². The summed E-state index contributed by atoms with van der Waals surface area (Å²) in [5.41, 5.74) is 2.42. The Morgan fingerprint density at radius 2 is 1.68 bits per heavy atom. The largest absolute Gasteiger partial charge is 0.481 e. The first-order valence-corrected chi connectivity index (χ1v) is 8.97. The minimum Gasteiger partial charge on any atom is -0.481 e. The summed E-state index contributed by atoms with van der Waals surface area (Å²) in [6, 6.07) is 11.1. The van der Waals surface area contributed by atoms with Crippen LogP contribution in [0.5, 0.6) is 0 Å². The van der Waals surface area contributed by atoms with E-state index in [1.807, 2.05) is 0 Å². The van der Waals surface area contributed by atoms with Crippen LogP contribution in [0.15, 0.2) is 59.8 Å². The first-order chi connectivity index (χ1) is 11.9. The quantitative estimate of drug-likeness (QED) is 0.701. The number of sulfonamides is 1. The van der Waals surface area contributed by atoms with Crippen LogP contribution in [0.3, 0.4) is 0 Å². The second-order valence-corrected chi connectivity index (χ2v) is 7.09. The maximum atomic E-state index is 12.5. The van der Waals surface area contributed by atoms with Crippen molar-refractivity contribution in [2.75, 3.05) is 4.72 Å². The number of aryl methyl sites for hydroxylation is 1. The Hall–Kier alpha value is -3.00. The normalized spacial score (nSPS) is 11.4. The molecule has 0 unspecified atom stereocenters. The van der Waals surface area contributed by atoms with Crippen LogP contribution < -0.4 is 4.72 Å². The molecule has 0 aliphatic carbocycles. The molecule has 0 aliphatic rings. The van der Waals surface area contributed by atoms with Gasteiger partial charge in [0, 0.05) is 18.8 Å². The van der Waals surface area contributed by atoms with Gasteiger partial charge in [-0.05, 0) is 42.3 Å². The van der Waals surface area contributed by atoms with Gasteiger partial charge in [0.25, 0.3) is 10.0 Å². The lowest BCUT2D eigenvalue weighted by molar-refractivity contribution is -0.136. The number of nitrogens with one attached hydrogen (secondary N) is 1. The predicted octanol–water partition coefficient (Wildman–Crippen LogP) is 2.45. The number of nitrogens with zero attached hydrogens (tertiary/aromatic N) is 2. The highest BCUT2D eigenvalue weighted by Gasteiger charge is 2.14. The molecule has 1 aromatic heterocycles. The lowest BCUT2D eigenvalue weighted by Gasteiger charge is -2.09. The number of hydrogen-bond acceptors (Lipinski definition) is 5. The third kappa shape index (κ3) is 4.10. The summed E-state index contributed by atoms with van der Waals surface area (Å²) in [6.45, 7) is 0. The van der Waals surface area contributed by atoms with Crippen molar-refractivity contribution in [2.24, 2.45) is 0 Å². The molecular weight excluding hydrogens is 342 g/mol. The average Bonchev–Trinajstić information content (AvgIpc) is 2.60. The highest BCUT2D eigenvalue weighted by molar-refractivity contribution is 7.92. The van der Waals surface area contributed by atoms with Gasteiger partial charge in [-0.15, -0.1) is 0 Å². The number of hydrogen-bond donors (Lipinski definition) is 2. The average molecular weight is 357 g/mol. The van der Waals surface area contributed by atoms with Crippen LogP contribution in [0.2, 0.25) is 0 Å². The third-order valence-corrected chi connectivity index (χ3v) is 4.98. The number of carboxylic acids is 1. The van der Waals surface area contributed by atoms with E-state index < -0.39 is 16.0 Å². The summed E-state index contributed by atoms with van der Waals surface area (Å²) >= 11 is 0. The zero-order valence-corrected chi connectivity index (χ0v) is 13.9. The van der Waals surface area contributed by atoms with Crippen LogP contribution in [0.1, 0.15) is 12.0 Å². The second-order valence-electron chi connectivity index (χ2n) is 5.40. The fraction of sp³-hybridized carbons (Fsp3) is 0.118. The van der Waals surface area contributed by atoms with E-state index in [-0.39, 0.29) is 11.3 Å². The highest BCUT2D eigenvalue weighted by Crippen LogP contribution is 2.20. The van der Waals surface area contributed by atoms with Crippen molar-refractivity contribution in [2.45, 2.75) is 17.7 Å². The molecule has 2 aromatic carbocycles. The van der Waals surface area contributed by atoms with Gasteiger partial charge in [-0.1, -0.05) is 12.1 Å². The van der Waals surface area contributed by atoms with E-state index in [1.54, 1.807) is 36.5 Å². The second kappa shape index (κ2) is 6.86. The van der Waals surface area contributed by atoms with Gasteiger partial charge in [0.15, 0.2) is 0 Å². The molecule has 0 bridgehead atoms. The Kier molecular flexibility index (Phi) is 4.62. The van der Waals surface area contributed by atoms with Crippen LogP contribution >= 0.6 is 0 Å². The molecule has 3 aromatic rings. The van der Waals surface area contributed by atoms with Crippen molar-refractivity contribution in [3.63, 3.8) is 0 Å². The molecule has 1 heterocycles. The molecule has 0 fully saturated rings. The summed E-state index contributed by atoms with van der Waals surface area (Å²) in [5, 5.41) is 8.68. The molecular formula is C17H15N3O4S. The van der Waals surface area contributed by atoms with Gasteiger partial charge in [-0.2, -0.15) is 0 Å². The van der Waals surface area contributed by atoms with Crippen LogP contribution in [0, 0.1) is 0 Å². The summed E-state index contributed by atoms with van der Waals surface area (Å²) < 4.78 is 27.5. The molecule has 0 saturated carbocycles. The van der Waals surface area contributed by atoms with Crippen molar-refractivity contribution in [1.82, 2.24) is 9.97 Å². The van der Waals surface area contributed by atoms with Crippen LogP contribution in [-0.4, -0.2) is 29.5 Å². The lowest BCUT2D eigenvalue weighted by atomic mass is 10.1. The van der Waals surface area contributed by atoms with Crippen molar-refractivity contribution >= 4 is 32.7 Å². The minimum absolute atomic E-state index is 0.00245. The van der Waals surface area contributed by atoms with E-state index in [2.05, 4.69) is 14.7 Å². The highest BCUT2D eigenvalue weighted by atomic mass is 32.2. The Bertz CT molecular complexity index is 1020. The number of aliphatic carboxylic acids is 1. The molecule has 0 atom stereocenters. The van der Waals surface area contributed by atoms with Crippen molar-refractivity contribution < 1.29 is 18.3 Å². The number of aromatic nitrogens is 2. The van der Waals surface area contributed by atoms with Crippen molar-refractivity contribution in [3.05, 3.63) is 60.4 Å². The number of rotatable bonds is 6. The van der Waals surface area contributed by atoms with Crippen molar-refractivity contribution in [1.29, 1.82) is 0 Å². The summed E-state index contributed by atoms with van der Waals surface area (Å²) in [5.74, 6) is -0.891. The summed E-state index contributed by atoms with van der Waals surface area (Å²) in [6.07, 6.45) is 3.46. The Morgan fingerprint density at radius 1 is 1.00 bits per heavy atom. The summed E-state index contributed by atoms with van der Waals surface area (Å²) in [4.78, 5) is 19.0. The fourth-order valence-electron chi connectivity index (χ4n) is 2.33. The number of benzene rings is 2. The van der Waals surface area contributed by atoms with Gasteiger partial charge < -0.3 is 5.11 Å². The molecule has 0 aliphatic heterocycles. The van der Waals surface area contributed by atoms with Gasteiger partial charge in [0.05, 0.1) is 21.6 Å². The number of carboxylic acid groups (broad SMARTS) is 1. The Labute approximate surface area is 144 Å². The van der Waals surface area contributed by atoms with Crippen LogP contribution in [-0.2, 0) is 21.2 Å². The van der Waals surface area contributed by atoms with Gasteiger partial charge >= 0.3 is 5.97 Å². The standard InChI is InChI=1S/C17H15N3O4S/c21-17(22)8-3-12-1-5-14(6-2-12)25(23,24)20-13-4-7-15-16(11-13)19-10-9-18-15/h1-2,4-7,9-11,20H,3,8H2,(H,21,22). The molecule has 0 saturated heterocycles. The molecule has 0 spiro atoms. The lowest BCUT2D eigenvalue weighted by Crippen LogP contribution is -2.13. The van der Waals surface area contributed by atoms with Crippen LogP contribution in [0.25, 0.3) is 11.0 Å². The Balaban J connectivity index is 1.79. The maximum Gasteiger partial charge on any atom is 0.303 e. The molecule has 128 valence electrons. The summed E-state index contributed by atoms with van der Waals surface area (Å²) in [7, 11) is -3.74. The molecule has 3 rings (SSSR count). The predicted molar refractivity (Wildman–Crippen MR) is 92.7 cm³/mol. The zero-order valence-electron chi connectivity index (χ0n) is 13.1. The fourth-order valence-corrected chi connectivity index (χ4v) is 3.38. The molecule has 2 N–H and O–H groups in total. The first kappa shape index (κ1) is 16.8. The number of fused-ring (bicyclic) bond motifs is 1. The van der Waals surface area contributed by atoms with Gasteiger partial charge in [0.2, 0.25) is 0 Å². The maximum absolute atomic E-state index is 12.5. The SMILES string of the molecule is O=C(O)CCc1ccc(S(=O)(=O)Nc2ccc3nccnc3c2)cc1. The molecule has 0 amide bonds. The van der Waals surface area contributed by atoms with E-state index in [4.69, 9.17) is 5.11 Å². The van der Waals surface area contributed by atoms with Gasteiger partial charge in [-0.3, -0.25) is 19.5 Å².